The zero-order valence-electron chi connectivity index (χ0n) is 16.8. The third-order valence-electron chi connectivity index (χ3n) is 4.90. The number of aromatic amines is 1. The molecule has 27 heavy (non-hydrogen) atoms. The van der Waals surface area contributed by atoms with Crippen LogP contribution in [0.1, 0.15) is 12.5 Å². The van der Waals surface area contributed by atoms with Crippen molar-refractivity contribution in [3.8, 4) is 17.0 Å². The molecule has 2 N–H and O–H groups in total. The van der Waals surface area contributed by atoms with Gasteiger partial charge in [-0.05, 0) is 35.7 Å². The first-order chi connectivity index (χ1) is 12.8. The lowest BCUT2D eigenvalue weighted by atomic mass is 10.0. The number of carbonyl (C=O) groups is 1. The van der Waals surface area contributed by atoms with Gasteiger partial charge in [-0.3, -0.25) is 4.79 Å². The second-order valence-electron chi connectivity index (χ2n) is 7.95. The fraction of sp³-hybridized carbons (Fsp3) is 0.318. The second-order valence-corrected chi connectivity index (χ2v) is 13.0. The van der Waals surface area contributed by atoms with E-state index in [1.165, 1.54) is 16.3 Å². The Hall–Kier alpha value is -2.53. The van der Waals surface area contributed by atoms with Crippen LogP contribution >= 0.6 is 0 Å². The summed E-state index contributed by atoms with van der Waals surface area (Å²) in [5, 5.41) is 5.50. The van der Waals surface area contributed by atoms with E-state index in [1.807, 2.05) is 6.07 Å². The first-order valence-corrected chi connectivity index (χ1v) is 12.8. The van der Waals surface area contributed by atoms with Gasteiger partial charge in [0.05, 0.1) is 15.2 Å². The highest BCUT2D eigenvalue weighted by molar-refractivity contribution is 6.88. The number of carbonyl (C=O) groups excluding carboxylic acids is 1. The molecule has 3 aromatic rings. The van der Waals surface area contributed by atoms with Crippen molar-refractivity contribution in [2.45, 2.75) is 33.0 Å². The molecule has 0 unspecified atom stereocenters. The first-order valence-electron chi connectivity index (χ1n) is 9.33. The van der Waals surface area contributed by atoms with Gasteiger partial charge < -0.3 is 15.0 Å². The van der Waals surface area contributed by atoms with Gasteiger partial charge in [0.2, 0.25) is 5.91 Å². The van der Waals surface area contributed by atoms with E-state index in [4.69, 9.17) is 4.74 Å². The molecule has 142 valence electrons. The number of hydrogen-bond donors (Lipinski definition) is 2. The number of amides is 1. The maximum absolute atomic E-state index is 11.3. The SMILES string of the molecule is COc1ccc2[nH]c(-c3ccc([Si](C)(C)C)cc3)c(CCNC(C)=O)c2c1. The summed E-state index contributed by atoms with van der Waals surface area (Å²) in [5.74, 6) is 0.830. The number of nitrogens with one attached hydrogen (secondary N) is 2. The summed E-state index contributed by atoms with van der Waals surface area (Å²) in [6.07, 6.45) is 0.762. The Morgan fingerprint density at radius 3 is 2.41 bits per heavy atom. The normalized spacial score (nSPS) is 11.6. The van der Waals surface area contributed by atoms with E-state index in [1.54, 1.807) is 14.0 Å². The molecule has 0 saturated heterocycles. The Bertz CT molecular complexity index is 953. The summed E-state index contributed by atoms with van der Waals surface area (Å²) in [5.41, 5.74) is 4.58. The number of H-pyrrole nitrogens is 1. The van der Waals surface area contributed by atoms with Gasteiger partial charge in [0, 0.05) is 30.1 Å². The molecule has 0 aliphatic rings. The van der Waals surface area contributed by atoms with Crippen molar-refractivity contribution in [1.82, 2.24) is 10.3 Å². The van der Waals surface area contributed by atoms with E-state index in [9.17, 15) is 4.79 Å². The maximum Gasteiger partial charge on any atom is 0.216 e. The molecule has 0 fully saturated rings. The molecule has 0 bridgehead atoms. The van der Waals surface area contributed by atoms with Crippen molar-refractivity contribution in [3.05, 3.63) is 48.0 Å². The number of ether oxygens (including phenoxy) is 1. The van der Waals surface area contributed by atoms with Crippen LogP contribution in [0.3, 0.4) is 0 Å². The molecule has 0 atom stereocenters. The fourth-order valence-electron chi connectivity index (χ4n) is 3.36. The highest BCUT2D eigenvalue weighted by Crippen LogP contribution is 2.32. The molecule has 3 rings (SSSR count). The minimum Gasteiger partial charge on any atom is -0.497 e. The molecule has 5 heteroatoms. The molecule has 1 amide bonds. The molecule has 1 aromatic heterocycles. The van der Waals surface area contributed by atoms with E-state index in [0.717, 1.165) is 28.8 Å². The summed E-state index contributed by atoms with van der Waals surface area (Å²) in [7, 11) is 0.359. The van der Waals surface area contributed by atoms with Crippen molar-refractivity contribution in [2.75, 3.05) is 13.7 Å². The van der Waals surface area contributed by atoms with E-state index in [-0.39, 0.29) is 5.91 Å². The Morgan fingerprint density at radius 1 is 1.11 bits per heavy atom. The molecule has 0 saturated carbocycles. The molecular formula is C22H28N2O2Si. The van der Waals surface area contributed by atoms with Gasteiger partial charge in [0.25, 0.3) is 0 Å². The van der Waals surface area contributed by atoms with Gasteiger partial charge in [0.15, 0.2) is 0 Å². The molecule has 4 nitrogen and oxygen atoms in total. The molecule has 1 heterocycles. The van der Waals surface area contributed by atoms with Gasteiger partial charge in [-0.2, -0.15) is 0 Å². The number of benzene rings is 2. The van der Waals surface area contributed by atoms with E-state index < -0.39 is 8.07 Å². The van der Waals surface area contributed by atoms with E-state index in [2.05, 4.69) is 66.3 Å². The van der Waals surface area contributed by atoms with Crippen LogP contribution in [-0.2, 0) is 11.2 Å². The van der Waals surface area contributed by atoms with Crippen molar-refractivity contribution >= 4 is 30.1 Å². The minimum absolute atomic E-state index is 0.00605. The van der Waals surface area contributed by atoms with Crippen molar-refractivity contribution in [2.24, 2.45) is 0 Å². The summed E-state index contributed by atoms with van der Waals surface area (Å²) >= 11 is 0. The quantitative estimate of drug-likeness (QED) is 0.634. The van der Waals surface area contributed by atoms with Crippen molar-refractivity contribution < 1.29 is 9.53 Å². The van der Waals surface area contributed by atoms with Gasteiger partial charge in [-0.15, -0.1) is 0 Å². The predicted molar refractivity (Wildman–Crippen MR) is 116 cm³/mol. The largest absolute Gasteiger partial charge is 0.497 e. The highest BCUT2D eigenvalue weighted by Gasteiger charge is 2.18. The Labute approximate surface area is 162 Å². The van der Waals surface area contributed by atoms with Crippen LogP contribution in [0.4, 0.5) is 0 Å². The van der Waals surface area contributed by atoms with Gasteiger partial charge in [-0.25, -0.2) is 0 Å². The van der Waals surface area contributed by atoms with Crippen LogP contribution in [-0.4, -0.2) is 32.6 Å². The molecular weight excluding hydrogens is 352 g/mol. The van der Waals surface area contributed by atoms with Crippen LogP contribution < -0.4 is 15.2 Å². The third kappa shape index (κ3) is 4.25. The smallest absolute Gasteiger partial charge is 0.216 e. The monoisotopic (exact) mass is 380 g/mol. The lowest BCUT2D eigenvalue weighted by molar-refractivity contribution is -0.118. The predicted octanol–water partition coefficient (Wildman–Crippen LogP) is 4.07. The number of fused-ring (bicyclic) bond motifs is 1. The summed E-state index contributed by atoms with van der Waals surface area (Å²) < 4.78 is 5.41. The fourth-order valence-corrected chi connectivity index (χ4v) is 4.53. The molecule has 2 aromatic carbocycles. The lowest BCUT2D eigenvalue weighted by Crippen LogP contribution is -2.37. The van der Waals surface area contributed by atoms with Crippen LogP contribution in [0.5, 0.6) is 5.75 Å². The second kappa shape index (κ2) is 7.60. The van der Waals surface area contributed by atoms with E-state index in [0.29, 0.717) is 6.54 Å². The third-order valence-corrected chi connectivity index (χ3v) is 6.97. The van der Waals surface area contributed by atoms with Gasteiger partial charge >= 0.3 is 0 Å². The number of hydrogen-bond acceptors (Lipinski definition) is 2. The highest BCUT2D eigenvalue weighted by atomic mass is 28.3. The summed E-state index contributed by atoms with van der Waals surface area (Å²) in [6, 6.07) is 15.0. The Kier molecular flexibility index (Phi) is 5.42. The zero-order chi connectivity index (χ0) is 19.6. The van der Waals surface area contributed by atoms with Crippen LogP contribution in [0, 0.1) is 0 Å². The molecule has 0 spiro atoms. The van der Waals surface area contributed by atoms with E-state index >= 15 is 0 Å². The van der Waals surface area contributed by atoms with Crippen LogP contribution in [0.25, 0.3) is 22.2 Å². The van der Waals surface area contributed by atoms with Crippen LogP contribution in [0.2, 0.25) is 19.6 Å². The summed E-state index contributed by atoms with van der Waals surface area (Å²) in [4.78, 5) is 14.9. The summed E-state index contributed by atoms with van der Waals surface area (Å²) in [6.45, 7) is 9.23. The molecule has 0 aliphatic carbocycles. The zero-order valence-corrected chi connectivity index (χ0v) is 17.8. The minimum atomic E-state index is -1.32. The Morgan fingerprint density at radius 2 is 1.81 bits per heavy atom. The van der Waals surface area contributed by atoms with Gasteiger partial charge in [-0.1, -0.05) is 49.1 Å². The average molecular weight is 381 g/mol. The van der Waals surface area contributed by atoms with Crippen molar-refractivity contribution in [1.29, 1.82) is 0 Å². The topological polar surface area (TPSA) is 54.1 Å². The van der Waals surface area contributed by atoms with Gasteiger partial charge in [0.1, 0.15) is 5.75 Å². The number of aromatic nitrogens is 1. The number of rotatable bonds is 6. The number of methoxy groups -OCH3 is 1. The van der Waals surface area contributed by atoms with Crippen molar-refractivity contribution in [3.63, 3.8) is 0 Å². The first kappa shape index (κ1) is 19.2. The Balaban J connectivity index is 2.06. The van der Waals surface area contributed by atoms with Crippen LogP contribution in [0.15, 0.2) is 42.5 Å². The average Bonchev–Trinajstić information content (AvgIpc) is 2.98. The molecule has 0 radical (unpaired) electrons. The standard InChI is InChI=1S/C22H28N2O2Si/c1-15(25)23-13-12-19-20-14-17(26-2)8-11-21(20)24-22(19)16-6-9-18(10-7-16)27(3,4)5/h6-11,14,24H,12-13H2,1-5H3,(H,23,25). The lowest BCUT2D eigenvalue weighted by Gasteiger charge is -2.17. The maximum atomic E-state index is 11.3. The molecule has 0 aliphatic heterocycles.